The van der Waals surface area contributed by atoms with Crippen LogP contribution in [0.1, 0.15) is 45.4 Å². The highest BCUT2D eigenvalue weighted by Gasteiger charge is 2.54. The van der Waals surface area contributed by atoms with E-state index >= 15 is 0 Å². The van der Waals surface area contributed by atoms with E-state index in [2.05, 4.69) is 10.5 Å². The Balaban J connectivity index is 1.67. The number of nitrogens with zero attached hydrogens (tertiary/aromatic N) is 3. The Morgan fingerprint density at radius 2 is 1.72 bits per heavy atom. The molecule has 156 valence electrons. The van der Waals surface area contributed by atoms with Crippen LogP contribution >= 0.6 is 0 Å². The van der Waals surface area contributed by atoms with Gasteiger partial charge in [0.1, 0.15) is 5.69 Å². The van der Waals surface area contributed by atoms with E-state index in [-0.39, 0.29) is 28.6 Å². The molecule has 4 saturated carbocycles. The molecule has 9 heteroatoms. The molecule has 9 nitrogen and oxygen atoms in total. The van der Waals surface area contributed by atoms with E-state index in [1.165, 1.54) is 31.4 Å². The average Bonchev–Trinajstić information content (AvgIpc) is 2.66. The van der Waals surface area contributed by atoms with Crippen LogP contribution in [0, 0.1) is 43.4 Å². The van der Waals surface area contributed by atoms with Gasteiger partial charge in [-0.05, 0) is 69.3 Å². The number of nitrogens with one attached hydrogen (secondary N) is 1. The first-order valence-corrected chi connectivity index (χ1v) is 10.1. The Hall–Kier alpha value is -2.55. The first-order valence-electron chi connectivity index (χ1n) is 10.1. The van der Waals surface area contributed by atoms with Gasteiger partial charge in [-0.2, -0.15) is 5.10 Å². The van der Waals surface area contributed by atoms with Gasteiger partial charge in [0.15, 0.2) is 0 Å². The van der Waals surface area contributed by atoms with Gasteiger partial charge in [0, 0.05) is 18.6 Å². The van der Waals surface area contributed by atoms with Crippen LogP contribution in [0.2, 0.25) is 0 Å². The predicted octanol–water partition coefficient (Wildman–Crippen LogP) is 4.52. The third kappa shape index (κ3) is 3.59. The summed E-state index contributed by atoms with van der Waals surface area (Å²) in [5, 5.41) is 27.0. The Morgan fingerprint density at radius 1 is 1.14 bits per heavy atom. The first-order chi connectivity index (χ1) is 13.8. The summed E-state index contributed by atoms with van der Waals surface area (Å²) in [6, 6.07) is 3.55. The largest absolute Gasteiger partial charge is 0.376 e. The maximum atomic E-state index is 11.4. The molecule has 1 aromatic carbocycles. The molecule has 0 aliphatic heterocycles. The van der Waals surface area contributed by atoms with Crippen molar-refractivity contribution in [3.63, 3.8) is 0 Å². The molecule has 4 fully saturated rings. The minimum atomic E-state index is -0.645. The highest BCUT2D eigenvalue weighted by molar-refractivity contribution is 5.95. The number of rotatable bonds is 7. The molecule has 4 bridgehead atoms. The molecule has 4 aliphatic carbocycles. The Labute approximate surface area is 168 Å². The quantitative estimate of drug-likeness (QED) is 0.407. The van der Waals surface area contributed by atoms with Gasteiger partial charge in [-0.1, -0.05) is 0 Å². The molecule has 1 unspecified atom stereocenters. The van der Waals surface area contributed by atoms with Crippen molar-refractivity contribution in [2.45, 2.75) is 51.6 Å². The van der Waals surface area contributed by atoms with Crippen molar-refractivity contribution in [2.24, 2.45) is 28.3 Å². The average molecular weight is 402 g/mol. The second kappa shape index (κ2) is 7.37. The highest BCUT2D eigenvalue weighted by atomic mass is 16.6. The molecule has 0 spiro atoms. The Morgan fingerprint density at radius 3 is 2.21 bits per heavy atom. The van der Waals surface area contributed by atoms with Gasteiger partial charge in [-0.15, -0.1) is 0 Å². The standard InChI is InChI=1S/C20H26N4O5/c1-12(29-2)19(20-9-13-5-14(10-20)7-15(6-13)11-20)22-21-17-4-3-16(23(25)26)8-18(17)24(27)28/h3-4,8,12-15,21H,5-7,9-11H2,1-2H3. The third-order valence-corrected chi connectivity index (χ3v) is 7.01. The fraction of sp³-hybridized carbons (Fsp3) is 0.650. The Kier molecular flexibility index (Phi) is 5.02. The summed E-state index contributed by atoms with van der Waals surface area (Å²) >= 11 is 0. The van der Waals surface area contributed by atoms with Crippen molar-refractivity contribution in [3.8, 4) is 0 Å². The number of hydrogen-bond donors (Lipinski definition) is 1. The van der Waals surface area contributed by atoms with Gasteiger partial charge >= 0.3 is 5.69 Å². The van der Waals surface area contributed by atoms with Crippen LogP contribution in [-0.2, 0) is 4.74 Å². The predicted molar refractivity (Wildman–Crippen MR) is 108 cm³/mol. The summed E-state index contributed by atoms with van der Waals surface area (Å²) in [5.74, 6) is 2.18. The first kappa shape index (κ1) is 19.8. The molecule has 0 amide bonds. The second-order valence-corrected chi connectivity index (χ2v) is 8.90. The van der Waals surface area contributed by atoms with Gasteiger partial charge in [0.25, 0.3) is 5.69 Å². The van der Waals surface area contributed by atoms with Crippen molar-refractivity contribution in [3.05, 3.63) is 38.4 Å². The topological polar surface area (TPSA) is 120 Å². The van der Waals surface area contributed by atoms with Gasteiger partial charge in [0.05, 0.1) is 27.7 Å². The molecule has 1 aromatic rings. The summed E-state index contributed by atoms with van der Waals surface area (Å²) < 4.78 is 5.62. The van der Waals surface area contributed by atoms with Crippen LogP contribution in [0.25, 0.3) is 0 Å². The molecule has 0 aromatic heterocycles. The molecule has 5 rings (SSSR count). The lowest BCUT2D eigenvalue weighted by Crippen LogP contribution is -2.52. The summed E-state index contributed by atoms with van der Waals surface area (Å²) in [4.78, 5) is 21.1. The fourth-order valence-electron chi connectivity index (χ4n) is 6.18. The molecular formula is C20H26N4O5. The zero-order valence-electron chi connectivity index (χ0n) is 16.7. The van der Waals surface area contributed by atoms with E-state index in [0.717, 1.165) is 48.8 Å². The van der Waals surface area contributed by atoms with Crippen molar-refractivity contribution in [1.29, 1.82) is 0 Å². The van der Waals surface area contributed by atoms with E-state index in [0.29, 0.717) is 0 Å². The molecule has 0 radical (unpaired) electrons. The van der Waals surface area contributed by atoms with Crippen LogP contribution in [0.15, 0.2) is 23.3 Å². The number of nitro groups is 2. The minimum Gasteiger partial charge on any atom is -0.376 e. The van der Waals surface area contributed by atoms with Gasteiger partial charge in [-0.3, -0.25) is 25.7 Å². The zero-order valence-corrected chi connectivity index (χ0v) is 16.7. The number of hydrogen-bond acceptors (Lipinski definition) is 7. The molecular weight excluding hydrogens is 376 g/mol. The van der Waals surface area contributed by atoms with E-state index in [1.807, 2.05) is 6.92 Å². The van der Waals surface area contributed by atoms with Crippen molar-refractivity contribution < 1.29 is 14.6 Å². The Bertz CT molecular complexity index is 833. The number of anilines is 1. The van der Waals surface area contributed by atoms with E-state index in [4.69, 9.17) is 4.74 Å². The van der Waals surface area contributed by atoms with E-state index in [1.54, 1.807) is 7.11 Å². The maximum absolute atomic E-state index is 11.4. The smallest absolute Gasteiger partial charge is 0.301 e. The van der Waals surface area contributed by atoms with Gasteiger partial charge < -0.3 is 4.74 Å². The molecule has 1 atom stereocenters. The van der Waals surface area contributed by atoms with Crippen LogP contribution in [0.5, 0.6) is 0 Å². The fourth-order valence-corrected chi connectivity index (χ4v) is 6.18. The summed E-state index contributed by atoms with van der Waals surface area (Å²) in [6.45, 7) is 1.96. The zero-order chi connectivity index (χ0) is 20.8. The van der Waals surface area contributed by atoms with E-state index < -0.39 is 9.85 Å². The third-order valence-electron chi connectivity index (χ3n) is 7.01. The minimum absolute atomic E-state index is 0.0211. The molecule has 4 aliphatic rings. The van der Waals surface area contributed by atoms with Crippen molar-refractivity contribution in [2.75, 3.05) is 12.5 Å². The van der Waals surface area contributed by atoms with Gasteiger partial charge in [-0.25, -0.2) is 0 Å². The second-order valence-electron chi connectivity index (χ2n) is 8.90. The van der Waals surface area contributed by atoms with Crippen LogP contribution in [0.4, 0.5) is 17.1 Å². The summed E-state index contributed by atoms with van der Waals surface area (Å²) in [7, 11) is 1.65. The van der Waals surface area contributed by atoms with Crippen LogP contribution in [-0.4, -0.2) is 28.8 Å². The maximum Gasteiger partial charge on any atom is 0.301 e. The normalized spacial score (nSPS) is 31.5. The number of methoxy groups -OCH3 is 1. The lowest BCUT2D eigenvalue weighted by atomic mass is 9.48. The molecule has 0 heterocycles. The van der Waals surface area contributed by atoms with Crippen LogP contribution < -0.4 is 5.43 Å². The molecule has 0 saturated heterocycles. The number of nitro benzene ring substituents is 2. The summed E-state index contributed by atoms with van der Waals surface area (Å²) in [5.41, 5.74) is 3.19. The SMILES string of the molecule is COC(C)C(=NNc1ccc([N+](=O)[O-])cc1[N+](=O)[O-])C12CC3CC(CC(C3)C1)C2. The lowest BCUT2D eigenvalue weighted by molar-refractivity contribution is -0.393. The lowest BCUT2D eigenvalue weighted by Gasteiger charge is -2.57. The monoisotopic (exact) mass is 402 g/mol. The number of ether oxygens (including phenoxy) is 1. The van der Waals surface area contributed by atoms with Gasteiger partial charge in [0.2, 0.25) is 0 Å². The van der Waals surface area contributed by atoms with Crippen LogP contribution in [0.3, 0.4) is 0 Å². The molecule has 29 heavy (non-hydrogen) atoms. The summed E-state index contributed by atoms with van der Waals surface area (Å²) in [6.07, 6.45) is 6.97. The number of benzene rings is 1. The molecule has 1 N–H and O–H groups in total. The highest BCUT2D eigenvalue weighted by Crippen LogP contribution is 2.61. The van der Waals surface area contributed by atoms with Crippen molar-refractivity contribution >= 4 is 22.8 Å². The number of non-ortho nitro benzene ring substituents is 1. The van der Waals surface area contributed by atoms with E-state index in [9.17, 15) is 20.2 Å². The number of hydrazone groups is 1. The van der Waals surface area contributed by atoms with Crippen molar-refractivity contribution in [1.82, 2.24) is 0 Å².